The van der Waals surface area contributed by atoms with Crippen LogP contribution in [0.3, 0.4) is 0 Å². The molecule has 0 bridgehead atoms. The van der Waals surface area contributed by atoms with Crippen molar-refractivity contribution >= 4 is 11.8 Å². The standard InChI is InChI=1S/C18H16N6S/c1-14-7-5-6-10-16(14)23-12-11-19-18(23)25-13-17-20-21-22-24(17)15-8-3-2-4-9-15/h2-12H,13H2,1H3. The molecule has 0 atom stereocenters. The lowest BCUT2D eigenvalue weighted by atomic mass is 10.2. The van der Waals surface area contributed by atoms with E-state index in [9.17, 15) is 0 Å². The van der Waals surface area contributed by atoms with Crippen molar-refractivity contribution in [2.75, 3.05) is 0 Å². The summed E-state index contributed by atoms with van der Waals surface area (Å²) in [4.78, 5) is 4.48. The molecule has 2 aromatic heterocycles. The van der Waals surface area contributed by atoms with Crippen LogP contribution in [0.5, 0.6) is 0 Å². The monoisotopic (exact) mass is 348 g/mol. The molecule has 0 radical (unpaired) electrons. The maximum atomic E-state index is 4.48. The van der Waals surface area contributed by atoms with E-state index in [4.69, 9.17) is 0 Å². The summed E-state index contributed by atoms with van der Waals surface area (Å²) < 4.78 is 3.85. The molecule has 0 aliphatic carbocycles. The Labute approximate surface area is 149 Å². The number of nitrogens with zero attached hydrogens (tertiary/aromatic N) is 6. The predicted octanol–water partition coefficient (Wildman–Crippen LogP) is 3.45. The van der Waals surface area contributed by atoms with E-state index in [0.29, 0.717) is 5.75 Å². The van der Waals surface area contributed by atoms with Crippen LogP contribution in [0.1, 0.15) is 11.4 Å². The summed E-state index contributed by atoms with van der Waals surface area (Å²) in [5.74, 6) is 1.42. The Balaban J connectivity index is 1.58. The first-order chi connectivity index (χ1) is 12.3. The number of aromatic nitrogens is 6. The number of tetrazole rings is 1. The third kappa shape index (κ3) is 3.18. The Morgan fingerprint density at radius 3 is 2.64 bits per heavy atom. The first-order valence-corrected chi connectivity index (χ1v) is 8.86. The summed E-state index contributed by atoms with van der Waals surface area (Å²) in [5.41, 5.74) is 3.28. The van der Waals surface area contributed by atoms with E-state index in [2.05, 4.69) is 44.1 Å². The van der Waals surface area contributed by atoms with Gasteiger partial charge < -0.3 is 0 Å². The van der Waals surface area contributed by atoms with Crippen molar-refractivity contribution in [1.29, 1.82) is 0 Å². The van der Waals surface area contributed by atoms with Gasteiger partial charge in [-0.3, -0.25) is 4.57 Å². The number of aryl methyl sites for hydroxylation is 1. The van der Waals surface area contributed by atoms with Gasteiger partial charge in [-0.25, -0.2) is 4.98 Å². The molecule has 2 heterocycles. The molecular formula is C18H16N6S. The molecule has 0 N–H and O–H groups in total. The molecule has 0 unspecified atom stereocenters. The highest BCUT2D eigenvalue weighted by Gasteiger charge is 2.12. The van der Waals surface area contributed by atoms with Crippen molar-refractivity contribution in [3.8, 4) is 11.4 Å². The Kier molecular flexibility index (Phi) is 4.30. The van der Waals surface area contributed by atoms with Crippen molar-refractivity contribution in [2.24, 2.45) is 0 Å². The van der Waals surface area contributed by atoms with E-state index in [1.165, 1.54) is 5.56 Å². The van der Waals surface area contributed by atoms with Crippen LogP contribution in [0.4, 0.5) is 0 Å². The normalized spacial score (nSPS) is 10.9. The molecule has 0 saturated carbocycles. The summed E-state index contributed by atoms with van der Waals surface area (Å²) in [6.07, 6.45) is 3.79. The summed E-state index contributed by atoms with van der Waals surface area (Å²) in [5, 5.41) is 13.0. The number of imidazole rings is 1. The third-order valence-electron chi connectivity index (χ3n) is 3.85. The van der Waals surface area contributed by atoms with Gasteiger partial charge in [0.2, 0.25) is 0 Å². The van der Waals surface area contributed by atoms with Crippen molar-refractivity contribution < 1.29 is 0 Å². The van der Waals surface area contributed by atoms with Gasteiger partial charge in [0.15, 0.2) is 11.0 Å². The van der Waals surface area contributed by atoms with Gasteiger partial charge in [0.05, 0.1) is 17.1 Å². The lowest BCUT2D eigenvalue weighted by Gasteiger charge is -2.10. The molecule has 0 aliphatic heterocycles. The van der Waals surface area contributed by atoms with E-state index in [-0.39, 0.29) is 0 Å². The zero-order chi connectivity index (χ0) is 17.1. The van der Waals surface area contributed by atoms with Crippen LogP contribution in [0.15, 0.2) is 72.1 Å². The Morgan fingerprint density at radius 1 is 1.00 bits per heavy atom. The highest BCUT2D eigenvalue weighted by Crippen LogP contribution is 2.25. The van der Waals surface area contributed by atoms with E-state index in [1.807, 2.05) is 54.9 Å². The van der Waals surface area contributed by atoms with Crippen LogP contribution in [-0.2, 0) is 5.75 Å². The van der Waals surface area contributed by atoms with Gasteiger partial charge in [0, 0.05) is 12.4 Å². The SMILES string of the molecule is Cc1ccccc1-n1ccnc1SCc1nnnn1-c1ccccc1. The molecule has 4 aromatic rings. The molecule has 0 spiro atoms. The quantitative estimate of drug-likeness (QED) is 0.517. The maximum absolute atomic E-state index is 4.48. The molecule has 7 heteroatoms. The third-order valence-corrected chi connectivity index (χ3v) is 4.81. The van der Waals surface area contributed by atoms with Gasteiger partial charge in [0.25, 0.3) is 0 Å². The van der Waals surface area contributed by atoms with Crippen LogP contribution in [-0.4, -0.2) is 29.8 Å². The molecule has 2 aromatic carbocycles. The van der Waals surface area contributed by atoms with Crippen molar-refractivity contribution in [3.05, 3.63) is 78.4 Å². The van der Waals surface area contributed by atoms with Crippen molar-refractivity contribution in [1.82, 2.24) is 29.8 Å². The van der Waals surface area contributed by atoms with E-state index < -0.39 is 0 Å². The lowest BCUT2D eigenvalue weighted by Crippen LogP contribution is -2.03. The summed E-state index contributed by atoms with van der Waals surface area (Å²) in [6.45, 7) is 2.10. The number of rotatable bonds is 5. The molecule has 0 fully saturated rings. The fourth-order valence-electron chi connectivity index (χ4n) is 2.61. The fraction of sp³-hybridized carbons (Fsp3) is 0.111. The van der Waals surface area contributed by atoms with Gasteiger partial charge in [-0.2, -0.15) is 4.68 Å². The predicted molar refractivity (Wildman–Crippen MR) is 97.0 cm³/mol. The molecule has 6 nitrogen and oxygen atoms in total. The topological polar surface area (TPSA) is 61.4 Å². The molecule has 0 aliphatic rings. The van der Waals surface area contributed by atoms with Crippen LogP contribution in [0.2, 0.25) is 0 Å². The molecule has 4 rings (SSSR count). The van der Waals surface area contributed by atoms with Crippen molar-refractivity contribution in [3.63, 3.8) is 0 Å². The molecular weight excluding hydrogens is 332 g/mol. The molecule has 124 valence electrons. The highest BCUT2D eigenvalue weighted by molar-refractivity contribution is 7.98. The minimum atomic E-state index is 0.630. The smallest absolute Gasteiger partial charge is 0.173 e. The Hall–Kier alpha value is -2.93. The van der Waals surface area contributed by atoms with Crippen LogP contribution in [0, 0.1) is 6.92 Å². The second-order valence-electron chi connectivity index (χ2n) is 5.50. The van der Waals surface area contributed by atoms with Crippen LogP contribution < -0.4 is 0 Å². The largest absolute Gasteiger partial charge is 0.295 e. The number of para-hydroxylation sites is 2. The van der Waals surface area contributed by atoms with Gasteiger partial charge in [0.1, 0.15) is 0 Å². The lowest BCUT2D eigenvalue weighted by molar-refractivity contribution is 0.777. The van der Waals surface area contributed by atoms with Gasteiger partial charge in [-0.15, -0.1) is 5.10 Å². The number of benzene rings is 2. The van der Waals surface area contributed by atoms with Crippen LogP contribution >= 0.6 is 11.8 Å². The van der Waals surface area contributed by atoms with Gasteiger partial charge in [-0.1, -0.05) is 48.2 Å². The summed E-state index contributed by atoms with van der Waals surface area (Å²) >= 11 is 1.61. The maximum Gasteiger partial charge on any atom is 0.173 e. The fourth-order valence-corrected chi connectivity index (χ4v) is 3.48. The second kappa shape index (κ2) is 6.90. The van der Waals surface area contributed by atoms with Crippen molar-refractivity contribution in [2.45, 2.75) is 17.8 Å². The first kappa shape index (κ1) is 15.6. The number of hydrogen-bond acceptors (Lipinski definition) is 5. The number of hydrogen-bond donors (Lipinski definition) is 0. The van der Waals surface area contributed by atoms with E-state index >= 15 is 0 Å². The van der Waals surface area contributed by atoms with Gasteiger partial charge in [-0.05, 0) is 41.1 Å². The minimum Gasteiger partial charge on any atom is -0.295 e. The zero-order valence-corrected chi connectivity index (χ0v) is 14.5. The highest BCUT2D eigenvalue weighted by atomic mass is 32.2. The summed E-state index contributed by atoms with van der Waals surface area (Å²) in [6, 6.07) is 18.1. The average Bonchev–Trinajstić information content (AvgIpc) is 3.30. The van der Waals surface area contributed by atoms with E-state index in [1.54, 1.807) is 16.4 Å². The number of thioether (sulfide) groups is 1. The molecule has 25 heavy (non-hydrogen) atoms. The minimum absolute atomic E-state index is 0.630. The second-order valence-corrected chi connectivity index (χ2v) is 6.44. The average molecular weight is 348 g/mol. The van der Waals surface area contributed by atoms with Gasteiger partial charge >= 0.3 is 0 Å². The van der Waals surface area contributed by atoms with E-state index in [0.717, 1.165) is 22.4 Å². The van der Waals surface area contributed by atoms with Crippen LogP contribution in [0.25, 0.3) is 11.4 Å². The zero-order valence-electron chi connectivity index (χ0n) is 13.6. The Morgan fingerprint density at radius 2 is 1.80 bits per heavy atom. The summed E-state index contributed by atoms with van der Waals surface area (Å²) in [7, 11) is 0. The molecule has 0 saturated heterocycles. The Bertz CT molecular complexity index is 976. The first-order valence-electron chi connectivity index (χ1n) is 7.88. The molecule has 0 amide bonds.